The van der Waals surface area contributed by atoms with Gasteiger partial charge in [-0.1, -0.05) is 37.9 Å². The summed E-state index contributed by atoms with van der Waals surface area (Å²) in [5.74, 6) is -0.0116. The van der Waals surface area contributed by atoms with Gasteiger partial charge in [0.15, 0.2) is 11.6 Å². The second-order valence-corrected chi connectivity index (χ2v) is 11.1. The number of benzene rings is 2. The fourth-order valence-electron chi connectivity index (χ4n) is 5.46. The zero-order chi connectivity index (χ0) is 28.0. The molecule has 2 aromatic heterocycles. The monoisotopic (exact) mass is 571 g/mol. The molecule has 2 aromatic carbocycles. The van der Waals surface area contributed by atoms with Gasteiger partial charge in [0.2, 0.25) is 0 Å². The molecule has 0 unspecified atom stereocenters. The van der Waals surface area contributed by atoms with Crippen molar-refractivity contribution in [1.82, 2.24) is 9.97 Å². The lowest BCUT2D eigenvalue weighted by Gasteiger charge is -2.43. The molecule has 1 saturated carbocycles. The molecule has 0 atom stereocenters. The zero-order valence-electron chi connectivity index (χ0n) is 22.1. The summed E-state index contributed by atoms with van der Waals surface area (Å²) in [6, 6.07) is 4.85. The number of fused-ring (bicyclic) bond motifs is 2. The average Bonchev–Trinajstić information content (AvgIpc) is 3.25. The quantitative estimate of drug-likeness (QED) is 0.236. The van der Waals surface area contributed by atoms with Gasteiger partial charge in [0.25, 0.3) is 0 Å². The van der Waals surface area contributed by atoms with Gasteiger partial charge in [-0.25, -0.2) is 8.78 Å². The predicted octanol–water partition coefficient (Wildman–Crippen LogP) is 7.32. The minimum absolute atomic E-state index is 0.000869. The number of anilines is 2. The Morgan fingerprint density at radius 1 is 1.18 bits per heavy atom. The van der Waals surface area contributed by atoms with Crippen molar-refractivity contribution in [1.29, 1.82) is 5.26 Å². The maximum Gasteiger partial charge on any atom is 0.318 e. The van der Waals surface area contributed by atoms with Crippen LogP contribution in [0.1, 0.15) is 45.1 Å². The minimum Gasteiger partial charge on any atom is -0.494 e. The number of halogens is 3. The SMILES string of the molecule is CCCN(c1nc(OC)nc2c(F)c(-c3ccc(F)c4sc(N)c(C#N)c34)c(Cl)c(OC)c12)C1CC(CC)C1. The Hall–Kier alpha value is -3.42. The lowest BCUT2D eigenvalue weighted by Crippen LogP contribution is -2.45. The Kier molecular flexibility index (Phi) is 7.40. The number of nitrogens with two attached hydrogens (primary N) is 1. The van der Waals surface area contributed by atoms with Gasteiger partial charge in [0, 0.05) is 23.5 Å². The number of nitriles is 1. The number of rotatable bonds is 8. The van der Waals surface area contributed by atoms with E-state index in [4.69, 9.17) is 26.8 Å². The molecule has 2 heterocycles. The first-order valence-electron chi connectivity index (χ1n) is 12.8. The van der Waals surface area contributed by atoms with Crippen molar-refractivity contribution in [3.63, 3.8) is 0 Å². The second-order valence-electron chi connectivity index (χ2n) is 9.64. The van der Waals surface area contributed by atoms with Crippen LogP contribution in [0.2, 0.25) is 5.02 Å². The van der Waals surface area contributed by atoms with E-state index in [0.29, 0.717) is 23.7 Å². The summed E-state index contributed by atoms with van der Waals surface area (Å²) in [4.78, 5) is 11.2. The van der Waals surface area contributed by atoms with Crippen LogP contribution in [0.5, 0.6) is 11.8 Å². The van der Waals surface area contributed by atoms with Crippen LogP contribution in [0.3, 0.4) is 0 Å². The average molecular weight is 572 g/mol. The van der Waals surface area contributed by atoms with Gasteiger partial charge in [0.1, 0.15) is 28.2 Å². The van der Waals surface area contributed by atoms with Crippen molar-refractivity contribution in [3.8, 4) is 29.0 Å². The van der Waals surface area contributed by atoms with Crippen molar-refractivity contribution in [3.05, 3.63) is 34.4 Å². The second kappa shape index (κ2) is 10.6. The lowest BCUT2D eigenvalue weighted by molar-refractivity contribution is 0.243. The molecule has 1 fully saturated rings. The van der Waals surface area contributed by atoms with Gasteiger partial charge in [-0.15, -0.1) is 11.3 Å². The van der Waals surface area contributed by atoms with E-state index in [1.165, 1.54) is 26.4 Å². The molecule has 0 bridgehead atoms. The third-order valence-electron chi connectivity index (χ3n) is 7.49. The highest BCUT2D eigenvalue weighted by Gasteiger charge is 2.36. The number of methoxy groups -OCH3 is 2. The van der Waals surface area contributed by atoms with Gasteiger partial charge < -0.3 is 20.1 Å². The van der Waals surface area contributed by atoms with Crippen LogP contribution in [0.25, 0.3) is 32.1 Å². The largest absolute Gasteiger partial charge is 0.494 e. The Bertz CT molecular complexity index is 1630. The molecule has 7 nitrogen and oxygen atoms in total. The molecule has 1 aliphatic carbocycles. The maximum atomic E-state index is 16.7. The van der Waals surface area contributed by atoms with Gasteiger partial charge in [-0.05, 0) is 36.8 Å². The highest BCUT2D eigenvalue weighted by atomic mass is 35.5. The van der Waals surface area contributed by atoms with Crippen molar-refractivity contribution >= 4 is 54.7 Å². The number of thiophene rings is 1. The molecule has 2 N–H and O–H groups in total. The van der Waals surface area contributed by atoms with Crippen molar-refractivity contribution in [2.45, 2.75) is 45.6 Å². The first-order valence-corrected chi connectivity index (χ1v) is 14.0. The molecule has 0 saturated heterocycles. The Morgan fingerprint density at radius 3 is 2.54 bits per heavy atom. The van der Waals surface area contributed by atoms with Crippen LogP contribution in [0.15, 0.2) is 12.1 Å². The van der Waals surface area contributed by atoms with E-state index in [0.717, 1.165) is 37.0 Å². The van der Waals surface area contributed by atoms with E-state index in [9.17, 15) is 9.65 Å². The van der Waals surface area contributed by atoms with E-state index < -0.39 is 11.6 Å². The number of hydrogen-bond acceptors (Lipinski definition) is 8. The van der Waals surface area contributed by atoms with E-state index >= 15 is 4.39 Å². The summed E-state index contributed by atoms with van der Waals surface area (Å²) in [6.45, 7) is 4.95. The van der Waals surface area contributed by atoms with Gasteiger partial charge >= 0.3 is 6.01 Å². The zero-order valence-corrected chi connectivity index (χ0v) is 23.6. The first kappa shape index (κ1) is 27.2. The van der Waals surface area contributed by atoms with Gasteiger partial charge in [-0.2, -0.15) is 15.2 Å². The number of aromatic nitrogens is 2. The smallest absolute Gasteiger partial charge is 0.318 e. The Labute approximate surface area is 234 Å². The van der Waals surface area contributed by atoms with E-state index in [2.05, 4.69) is 28.7 Å². The molecular weight excluding hydrogens is 544 g/mol. The van der Waals surface area contributed by atoms with Crippen LogP contribution in [-0.4, -0.2) is 36.8 Å². The van der Waals surface area contributed by atoms with Crippen molar-refractivity contribution in [2.24, 2.45) is 5.92 Å². The number of ether oxygens (including phenoxy) is 2. The van der Waals surface area contributed by atoms with Gasteiger partial charge in [-0.3, -0.25) is 0 Å². The van der Waals surface area contributed by atoms with E-state index in [1.54, 1.807) is 0 Å². The highest BCUT2D eigenvalue weighted by molar-refractivity contribution is 7.23. The van der Waals surface area contributed by atoms with E-state index in [1.807, 2.05) is 6.07 Å². The Morgan fingerprint density at radius 2 is 1.92 bits per heavy atom. The number of hydrogen-bond donors (Lipinski definition) is 1. The number of nitrogen functional groups attached to an aromatic ring is 1. The molecule has 39 heavy (non-hydrogen) atoms. The van der Waals surface area contributed by atoms with Crippen LogP contribution < -0.4 is 20.1 Å². The molecular formula is C28H28ClF2N5O2S. The normalized spacial score (nSPS) is 16.8. The molecule has 0 amide bonds. The molecule has 1 aliphatic rings. The molecule has 0 aliphatic heterocycles. The summed E-state index contributed by atoms with van der Waals surface area (Å²) in [7, 11) is 2.87. The lowest BCUT2D eigenvalue weighted by atomic mass is 9.77. The molecule has 0 radical (unpaired) electrons. The van der Waals surface area contributed by atoms with E-state index in [-0.39, 0.29) is 60.1 Å². The summed E-state index contributed by atoms with van der Waals surface area (Å²) < 4.78 is 42.7. The number of nitrogens with zero attached hydrogens (tertiary/aromatic N) is 4. The van der Waals surface area contributed by atoms with Gasteiger partial charge in [0.05, 0.1) is 34.9 Å². The summed E-state index contributed by atoms with van der Waals surface area (Å²) in [5, 5.41) is 10.4. The van der Waals surface area contributed by atoms with Crippen LogP contribution in [0.4, 0.5) is 19.6 Å². The summed E-state index contributed by atoms with van der Waals surface area (Å²) in [6.07, 6.45) is 3.96. The predicted molar refractivity (Wildman–Crippen MR) is 152 cm³/mol. The van der Waals surface area contributed by atoms with Crippen LogP contribution in [-0.2, 0) is 0 Å². The Balaban J connectivity index is 1.85. The molecule has 4 aromatic rings. The topological polar surface area (TPSA) is 97.3 Å². The van der Waals surface area contributed by atoms with Crippen LogP contribution >= 0.6 is 22.9 Å². The van der Waals surface area contributed by atoms with Crippen molar-refractivity contribution < 1.29 is 18.3 Å². The summed E-state index contributed by atoms with van der Waals surface area (Å²) in [5.41, 5.74) is 6.19. The minimum atomic E-state index is -0.754. The van der Waals surface area contributed by atoms with Crippen LogP contribution in [0, 0.1) is 28.9 Å². The molecule has 5 rings (SSSR count). The fraction of sp³-hybridized carbons (Fsp3) is 0.393. The molecule has 11 heteroatoms. The standard InChI is InChI=1S/C28H28ClF2N5O2S/c1-5-9-36(14-10-13(6-2)11-14)27-20-23(34-28(35-27)38-4)22(31)19(21(29)24(20)37-3)15-7-8-17(30)25-18(15)16(12-32)26(33)39-25/h7-8,13-14H,5-6,9-11,33H2,1-4H3. The van der Waals surface area contributed by atoms with Crippen molar-refractivity contribution in [2.75, 3.05) is 31.4 Å². The molecule has 0 spiro atoms. The first-order chi connectivity index (χ1) is 18.8. The fourth-order valence-corrected chi connectivity index (χ4v) is 6.77. The third-order valence-corrected chi connectivity index (χ3v) is 8.88. The third kappa shape index (κ3) is 4.28. The molecule has 204 valence electrons. The summed E-state index contributed by atoms with van der Waals surface area (Å²) >= 11 is 7.82. The highest BCUT2D eigenvalue weighted by Crippen LogP contribution is 2.50. The maximum absolute atomic E-state index is 16.7.